The third-order valence-corrected chi connectivity index (χ3v) is 5.97. The molecule has 1 amide bonds. The van der Waals surface area contributed by atoms with Gasteiger partial charge >= 0.3 is 0 Å². The molecule has 158 valence electrons. The van der Waals surface area contributed by atoms with Crippen LogP contribution in [0.3, 0.4) is 0 Å². The van der Waals surface area contributed by atoms with E-state index in [0.717, 1.165) is 35.3 Å². The minimum Gasteiger partial charge on any atom is -0.493 e. The molecule has 1 atom stereocenters. The van der Waals surface area contributed by atoms with E-state index in [-0.39, 0.29) is 11.9 Å². The second-order valence-corrected chi connectivity index (χ2v) is 7.82. The van der Waals surface area contributed by atoms with Crippen LogP contribution in [0.2, 0.25) is 0 Å². The van der Waals surface area contributed by atoms with Crippen molar-refractivity contribution in [1.82, 2.24) is 15.1 Å². The molecule has 10 heteroatoms. The van der Waals surface area contributed by atoms with Gasteiger partial charge in [-0.25, -0.2) is 0 Å². The summed E-state index contributed by atoms with van der Waals surface area (Å²) in [6.07, 6.45) is 0.386. The van der Waals surface area contributed by atoms with E-state index in [9.17, 15) is 4.79 Å². The molecule has 1 aliphatic heterocycles. The molecule has 9 nitrogen and oxygen atoms in total. The fraction of sp³-hybridized carbons (Fsp3) is 0.526. The molecule has 0 aliphatic carbocycles. The lowest BCUT2D eigenvalue weighted by Crippen LogP contribution is -2.52. The first-order valence-electron chi connectivity index (χ1n) is 9.38. The number of piperazine rings is 1. The van der Waals surface area contributed by atoms with Crippen molar-refractivity contribution in [2.75, 3.05) is 52.4 Å². The van der Waals surface area contributed by atoms with E-state index < -0.39 is 0 Å². The fourth-order valence-electron chi connectivity index (χ4n) is 3.44. The van der Waals surface area contributed by atoms with E-state index >= 15 is 0 Å². The number of methoxy groups -OCH3 is 3. The van der Waals surface area contributed by atoms with Crippen LogP contribution in [0.1, 0.15) is 13.3 Å². The highest BCUT2D eigenvalue weighted by Crippen LogP contribution is 2.42. The number of carbonyl (C=O) groups excluding carboxylic acids is 1. The van der Waals surface area contributed by atoms with Crippen LogP contribution < -0.4 is 24.8 Å². The fourth-order valence-corrected chi connectivity index (χ4v) is 4.40. The van der Waals surface area contributed by atoms with Crippen LogP contribution in [-0.2, 0) is 4.79 Å². The Morgan fingerprint density at radius 1 is 1.17 bits per heavy atom. The number of hydrogen-bond donors (Lipinski definition) is 1. The number of carbonyl (C=O) groups is 1. The molecule has 1 unspecified atom stereocenters. The topological polar surface area (TPSA) is 103 Å². The maximum atomic E-state index is 11.0. The number of nitrogens with zero attached hydrogens (tertiary/aromatic N) is 4. The zero-order valence-electron chi connectivity index (χ0n) is 17.2. The quantitative estimate of drug-likeness (QED) is 0.686. The molecule has 1 aliphatic rings. The third kappa shape index (κ3) is 4.70. The van der Waals surface area contributed by atoms with Gasteiger partial charge in [-0.05, 0) is 19.1 Å². The predicted molar refractivity (Wildman–Crippen MR) is 112 cm³/mol. The van der Waals surface area contributed by atoms with Crippen molar-refractivity contribution in [3.63, 3.8) is 0 Å². The number of hydrogen-bond acceptors (Lipinski definition) is 9. The number of primary amides is 1. The first-order valence-corrected chi connectivity index (χ1v) is 10.2. The van der Waals surface area contributed by atoms with Gasteiger partial charge in [0.25, 0.3) is 0 Å². The Hall–Kier alpha value is -2.59. The van der Waals surface area contributed by atoms with E-state index in [1.807, 2.05) is 12.1 Å². The molecule has 0 bridgehead atoms. The van der Waals surface area contributed by atoms with Crippen LogP contribution in [-0.4, -0.2) is 74.6 Å². The standard InChI is InChI=1S/C19H27N5O4S/c1-12-11-23(6-5-16(20)25)7-8-24(12)19-22-21-18(29-19)13-9-14(26-2)17(28-4)15(10-13)27-3/h9-10,12H,5-8,11H2,1-4H3,(H2,20,25). The van der Waals surface area contributed by atoms with E-state index in [4.69, 9.17) is 19.9 Å². The summed E-state index contributed by atoms with van der Waals surface area (Å²) in [5.41, 5.74) is 6.12. The highest BCUT2D eigenvalue weighted by atomic mass is 32.1. The van der Waals surface area contributed by atoms with Crippen LogP contribution >= 0.6 is 11.3 Å². The maximum Gasteiger partial charge on any atom is 0.218 e. The van der Waals surface area contributed by atoms with E-state index in [2.05, 4.69) is 26.9 Å². The molecule has 1 saturated heterocycles. The van der Waals surface area contributed by atoms with Crippen LogP contribution in [0.4, 0.5) is 5.13 Å². The van der Waals surface area contributed by atoms with Gasteiger partial charge in [-0.15, -0.1) is 10.2 Å². The largest absolute Gasteiger partial charge is 0.493 e. The Labute approximate surface area is 174 Å². The summed E-state index contributed by atoms with van der Waals surface area (Å²) in [5.74, 6) is 1.44. The first-order chi connectivity index (χ1) is 14.0. The Balaban J connectivity index is 1.77. The van der Waals surface area contributed by atoms with Crippen molar-refractivity contribution in [3.8, 4) is 27.8 Å². The van der Waals surface area contributed by atoms with Gasteiger partial charge in [0.1, 0.15) is 5.01 Å². The zero-order chi connectivity index (χ0) is 21.0. The number of nitrogens with two attached hydrogens (primary N) is 1. The van der Waals surface area contributed by atoms with Gasteiger partial charge in [-0.2, -0.15) is 0 Å². The minimum absolute atomic E-state index is 0.261. The van der Waals surface area contributed by atoms with E-state index in [1.165, 1.54) is 11.3 Å². The molecule has 2 N–H and O–H groups in total. The number of rotatable bonds is 8. The molecule has 0 radical (unpaired) electrons. The van der Waals surface area contributed by atoms with Crippen molar-refractivity contribution in [2.24, 2.45) is 5.73 Å². The second-order valence-electron chi connectivity index (χ2n) is 6.86. The number of benzene rings is 1. The summed E-state index contributed by atoms with van der Waals surface area (Å²) < 4.78 is 16.3. The van der Waals surface area contributed by atoms with Crippen molar-refractivity contribution in [2.45, 2.75) is 19.4 Å². The molecule has 29 heavy (non-hydrogen) atoms. The average molecular weight is 422 g/mol. The average Bonchev–Trinajstić information content (AvgIpc) is 3.21. The van der Waals surface area contributed by atoms with Crippen LogP contribution in [0.15, 0.2) is 12.1 Å². The van der Waals surface area contributed by atoms with Crippen LogP contribution in [0.5, 0.6) is 17.2 Å². The summed E-state index contributed by atoms with van der Waals surface area (Å²) in [6.45, 7) is 5.38. The molecule has 0 spiro atoms. The van der Waals surface area contributed by atoms with Crippen molar-refractivity contribution in [3.05, 3.63) is 12.1 Å². The van der Waals surface area contributed by atoms with Gasteiger partial charge in [0.2, 0.25) is 16.8 Å². The summed E-state index contributed by atoms with van der Waals surface area (Å²) in [4.78, 5) is 15.5. The molecular formula is C19H27N5O4S. The molecule has 2 heterocycles. The van der Waals surface area contributed by atoms with Crippen LogP contribution in [0.25, 0.3) is 10.6 Å². The Morgan fingerprint density at radius 2 is 1.86 bits per heavy atom. The molecular weight excluding hydrogens is 394 g/mol. The summed E-state index contributed by atoms with van der Waals surface area (Å²) >= 11 is 1.53. The van der Waals surface area contributed by atoms with Crippen molar-refractivity contribution < 1.29 is 19.0 Å². The Bertz CT molecular complexity index is 834. The van der Waals surface area contributed by atoms with E-state index in [1.54, 1.807) is 21.3 Å². The molecule has 3 rings (SSSR count). The van der Waals surface area contributed by atoms with E-state index in [0.29, 0.717) is 30.2 Å². The Morgan fingerprint density at radius 3 is 2.41 bits per heavy atom. The summed E-state index contributed by atoms with van der Waals surface area (Å²) in [7, 11) is 4.76. The smallest absolute Gasteiger partial charge is 0.218 e. The minimum atomic E-state index is -0.265. The van der Waals surface area contributed by atoms with Gasteiger partial charge in [0.15, 0.2) is 11.5 Å². The number of aromatic nitrogens is 2. The molecule has 1 fully saturated rings. The number of ether oxygens (including phenoxy) is 3. The first kappa shape index (κ1) is 21.1. The molecule has 1 aromatic carbocycles. The Kier molecular flexibility index (Phi) is 6.75. The molecule has 2 aromatic rings. The second kappa shape index (κ2) is 9.27. The number of anilines is 1. The van der Waals surface area contributed by atoms with Gasteiger partial charge in [0.05, 0.1) is 21.3 Å². The van der Waals surface area contributed by atoms with Gasteiger partial charge in [-0.3, -0.25) is 9.69 Å². The predicted octanol–water partition coefficient (Wildman–Crippen LogP) is 1.62. The summed E-state index contributed by atoms with van der Waals surface area (Å²) in [6, 6.07) is 4.01. The zero-order valence-corrected chi connectivity index (χ0v) is 18.0. The highest BCUT2D eigenvalue weighted by molar-refractivity contribution is 7.18. The molecule has 1 aromatic heterocycles. The third-order valence-electron chi connectivity index (χ3n) is 4.96. The lowest BCUT2D eigenvalue weighted by molar-refractivity contribution is -0.118. The van der Waals surface area contributed by atoms with Crippen molar-refractivity contribution in [1.29, 1.82) is 0 Å². The van der Waals surface area contributed by atoms with Gasteiger partial charge < -0.3 is 24.8 Å². The maximum absolute atomic E-state index is 11.0. The highest BCUT2D eigenvalue weighted by Gasteiger charge is 2.27. The lowest BCUT2D eigenvalue weighted by atomic mass is 10.2. The van der Waals surface area contributed by atoms with Gasteiger partial charge in [0, 0.05) is 44.2 Å². The lowest BCUT2D eigenvalue weighted by Gasteiger charge is -2.39. The number of amides is 1. The van der Waals surface area contributed by atoms with Crippen LogP contribution in [0, 0.1) is 0 Å². The monoisotopic (exact) mass is 421 g/mol. The van der Waals surface area contributed by atoms with Crippen molar-refractivity contribution >= 4 is 22.4 Å². The molecule has 0 saturated carbocycles. The summed E-state index contributed by atoms with van der Waals surface area (Å²) in [5, 5.41) is 10.4. The van der Waals surface area contributed by atoms with Gasteiger partial charge in [-0.1, -0.05) is 11.3 Å². The SMILES string of the molecule is COc1cc(-c2nnc(N3CCN(CCC(N)=O)CC3C)s2)cc(OC)c1OC. The normalized spacial score (nSPS) is 17.2.